The molecule has 0 bridgehead atoms. The lowest BCUT2D eigenvalue weighted by atomic mass is 9.90. The molecule has 0 unspecified atom stereocenters. The SMILES string of the molecule is CCc1ccc([C@@H]2C(C(=O)C(C)C)=C(O)C(=O)N2c2ccc(NC(C)=O)cc2)cc1[N+](=O)[O-]. The van der Waals surface area contributed by atoms with Crippen molar-refractivity contribution in [1.29, 1.82) is 0 Å². The number of nitrogens with zero attached hydrogens (tertiary/aromatic N) is 2. The molecule has 33 heavy (non-hydrogen) atoms. The minimum Gasteiger partial charge on any atom is -0.503 e. The van der Waals surface area contributed by atoms with Crippen molar-refractivity contribution in [2.75, 3.05) is 10.2 Å². The number of carbonyl (C=O) groups excluding carboxylic acids is 3. The van der Waals surface area contributed by atoms with E-state index in [1.54, 1.807) is 57.2 Å². The Kier molecular flexibility index (Phi) is 6.62. The second kappa shape index (κ2) is 9.23. The molecule has 0 saturated carbocycles. The largest absolute Gasteiger partial charge is 0.503 e. The summed E-state index contributed by atoms with van der Waals surface area (Å²) in [6.07, 6.45) is 0.438. The van der Waals surface area contributed by atoms with E-state index in [2.05, 4.69) is 5.32 Å². The fourth-order valence-corrected chi connectivity index (χ4v) is 3.88. The molecular formula is C24H25N3O6. The molecule has 3 rings (SSSR count). The van der Waals surface area contributed by atoms with Gasteiger partial charge in [0.1, 0.15) is 0 Å². The lowest BCUT2D eigenvalue weighted by molar-refractivity contribution is -0.385. The third kappa shape index (κ3) is 4.48. The number of rotatable bonds is 7. The van der Waals surface area contributed by atoms with Crippen LogP contribution in [0, 0.1) is 16.0 Å². The number of ketones is 1. The molecule has 0 radical (unpaired) electrons. The van der Waals surface area contributed by atoms with Gasteiger partial charge in [-0.1, -0.05) is 32.9 Å². The fourth-order valence-electron chi connectivity index (χ4n) is 3.88. The zero-order chi connectivity index (χ0) is 24.4. The normalized spacial score (nSPS) is 15.8. The van der Waals surface area contributed by atoms with Crippen LogP contribution in [-0.4, -0.2) is 27.6 Å². The van der Waals surface area contributed by atoms with Gasteiger partial charge in [-0.05, 0) is 36.2 Å². The van der Waals surface area contributed by atoms with Gasteiger partial charge >= 0.3 is 0 Å². The van der Waals surface area contributed by atoms with Crippen molar-refractivity contribution >= 4 is 34.7 Å². The minimum atomic E-state index is -1.04. The molecule has 9 heteroatoms. The summed E-state index contributed by atoms with van der Waals surface area (Å²) in [6, 6.07) is 9.86. The van der Waals surface area contributed by atoms with Crippen LogP contribution in [0.3, 0.4) is 0 Å². The second-order valence-electron chi connectivity index (χ2n) is 8.09. The topological polar surface area (TPSA) is 130 Å². The van der Waals surface area contributed by atoms with Gasteiger partial charge in [0.2, 0.25) is 5.91 Å². The molecule has 1 heterocycles. The number of benzene rings is 2. The summed E-state index contributed by atoms with van der Waals surface area (Å²) >= 11 is 0. The number of amides is 2. The van der Waals surface area contributed by atoms with Crippen molar-refractivity contribution < 1.29 is 24.4 Å². The highest BCUT2D eigenvalue weighted by Gasteiger charge is 2.45. The number of aryl methyl sites for hydroxylation is 1. The lowest BCUT2D eigenvalue weighted by Crippen LogP contribution is -2.31. The van der Waals surface area contributed by atoms with Crippen LogP contribution in [0.1, 0.15) is 44.9 Å². The Labute approximate surface area is 190 Å². The summed E-state index contributed by atoms with van der Waals surface area (Å²) in [5.41, 5.74) is 1.51. The third-order valence-electron chi connectivity index (χ3n) is 5.47. The van der Waals surface area contributed by atoms with Crippen LogP contribution < -0.4 is 10.2 Å². The average Bonchev–Trinajstić information content (AvgIpc) is 3.03. The van der Waals surface area contributed by atoms with Crippen LogP contribution in [0.2, 0.25) is 0 Å². The number of aliphatic hydroxyl groups is 1. The number of nitrogens with one attached hydrogen (secondary N) is 1. The van der Waals surface area contributed by atoms with E-state index in [1.165, 1.54) is 17.9 Å². The molecular weight excluding hydrogens is 426 g/mol. The van der Waals surface area contributed by atoms with Crippen LogP contribution in [0.25, 0.3) is 0 Å². The molecule has 1 atom stereocenters. The summed E-state index contributed by atoms with van der Waals surface area (Å²) in [4.78, 5) is 49.8. The summed E-state index contributed by atoms with van der Waals surface area (Å²) in [5.74, 6) is -2.65. The Morgan fingerprint density at radius 3 is 2.33 bits per heavy atom. The molecule has 0 aliphatic carbocycles. The van der Waals surface area contributed by atoms with Gasteiger partial charge in [0, 0.05) is 35.8 Å². The van der Waals surface area contributed by atoms with Crippen molar-refractivity contribution in [2.24, 2.45) is 5.92 Å². The van der Waals surface area contributed by atoms with Crippen molar-refractivity contribution in [1.82, 2.24) is 0 Å². The first-order valence-electron chi connectivity index (χ1n) is 10.5. The molecule has 0 fully saturated rings. The molecule has 0 saturated heterocycles. The van der Waals surface area contributed by atoms with Crippen molar-refractivity contribution in [3.8, 4) is 0 Å². The maximum atomic E-state index is 13.1. The monoisotopic (exact) mass is 451 g/mol. The fraction of sp³-hybridized carbons (Fsp3) is 0.292. The van der Waals surface area contributed by atoms with E-state index in [4.69, 9.17) is 0 Å². The van der Waals surface area contributed by atoms with Crippen LogP contribution in [0.4, 0.5) is 17.1 Å². The third-order valence-corrected chi connectivity index (χ3v) is 5.47. The van der Waals surface area contributed by atoms with Crippen molar-refractivity contribution in [2.45, 2.75) is 40.2 Å². The quantitative estimate of drug-likeness (QED) is 0.478. The highest BCUT2D eigenvalue weighted by molar-refractivity contribution is 6.17. The van der Waals surface area contributed by atoms with Crippen LogP contribution >= 0.6 is 0 Å². The van der Waals surface area contributed by atoms with Gasteiger partial charge in [0.25, 0.3) is 11.6 Å². The standard InChI is InChI=1S/C24H25N3O6/c1-5-15-6-7-16(12-19(15)27(32)33)21-20(22(29)13(2)3)23(30)24(31)26(21)18-10-8-17(9-11-18)25-14(4)28/h6-13,21,30H,5H2,1-4H3,(H,25,28)/t21-/m1/s1. The predicted octanol–water partition coefficient (Wildman–Crippen LogP) is 4.24. The van der Waals surface area contributed by atoms with Gasteiger partial charge < -0.3 is 10.4 Å². The molecule has 2 N–H and O–H groups in total. The van der Waals surface area contributed by atoms with Crippen molar-refractivity contribution in [3.05, 3.63) is 75.0 Å². The average molecular weight is 451 g/mol. The minimum absolute atomic E-state index is 0.0977. The van der Waals surface area contributed by atoms with Gasteiger partial charge in [-0.2, -0.15) is 0 Å². The number of nitro groups is 1. The van der Waals surface area contributed by atoms with Gasteiger partial charge in [-0.3, -0.25) is 29.4 Å². The predicted molar refractivity (Wildman–Crippen MR) is 123 cm³/mol. The highest BCUT2D eigenvalue weighted by atomic mass is 16.6. The molecule has 2 aromatic rings. The molecule has 1 aliphatic rings. The zero-order valence-corrected chi connectivity index (χ0v) is 18.8. The van der Waals surface area contributed by atoms with E-state index < -0.39 is 34.3 Å². The van der Waals surface area contributed by atoms with Gasteiger partial charge in [-0.25, -0.2) is 0 Å². The Balaban J connectivity index is 2.18. The first-order valence-corrected chi connectivity index (χ1v) is 10.5. The summed E-state index contributed by atoms with van der Waals surface area (Å²) in [5, 5.41) is 24.9. The summed E-state index contributed by atoms with van der Waals surface area (Å²) in [6.45, 7) is 6.46. The number of hydrogen-bond acceptors (Lipinski definition) is 6. The van der Waals surface area contributed by atoms with E-state index in [0.717, 1.165) is 0 Å². The Morgan fingerprint density at radius 2 is 1.82 bits per heavy atom. The number of aliphatic hydroxyl groups excluding tert-OH is 1. The van der Waals surface area contributed by atoms with E-state index in [0.29, 0.717) is 28.9 Å². The van der Waals surface area contributed by atoms with Crippen molar-refractivity contribution in [3.63, 3.8) is 0 Å². The van der Waals surface area contributed by atoms with Crippen LogP contribution in [0.15, 0.2) is 53.8 Å². The lowest BCUT2D eigenvalue weighted by Gasteiger charge is -2.27. The first-order chi connectivity index (χ1) is 15.6. The van der Waals surface area contributed by atoms with Crippen LogP contribution in [-0.2, 0) is 20.8 Å². The maximum Gasteiger partial charge on any atom is 0.294 e. The van der Waals surface area contributed by atoms with E-state index in [1.807, 2.05) is 0 Å². The molecule has 2 amide bonds. The summed E-state index contributed by atoms with van der Waals surface area (Å²) < 4.78 is 0. The molecule has 2 aromatic carbocycles. The first kappa shape index (κ1) is 23.6. The molecule has 9 nitrogen and oxygen atoms in total. The van der Waals surface area contributed by atoms with E-state index in [-0.39, 0.29) is 17.2 Å². The highest BCUT2D eigenvalue weighted by Crippen LogP contribution is 2.43. The number of Topliss-reactive ketones (excluding diaryl/α,β-unsaturated/α-hetero) is 1. The Hall–Kier alpha value is -4.01. The molecule has 0 spiro atoms. The molecule has 0 aromatic heterocycles. The Bertz CT molecular complexity index is 1170. The van der Waals surface area contributed by atoms with Crippen LogP contribution in [0.5, 0.6) is 0 Å². The van der Waals surface area contributed by atoms with Gasteiger partial charge in [0.15, 0.2) is 11.5 Å². The summed E-state index contributed by atoms with van der Waals surface area (Å²) in [7, 11) is 0. The second-order valence-corrected chi connectivity index (χ2v) is 8.09. The van der Waals surface area contributed by atoms with E-state index >= 15 is 0 Å². The maximum absolute atomic E-state index is 13.1. The molecule has 1 aliphatic heterocycles. The number of anilines is 2. The zero-order valence-electron chi connectivity index (χ0n) is 18.8. The molecule has 172 valence electrons. The van der Waals surface area contributed by atoms with Gasteiger partial charge in [-0.15, -0.1) is 0 Å². The number of nitro benzene ring substituents is 1. The Morgan fingerprint density at radius 1 is 1.18 bits per heavy atom. The number of hydrogen-bond donors (Lipinski definition) is 2. The smallest absolute Gasteiger partial charge is 0.294 e. The van der Waals surface area contributed by atoms with Gasteiger partial charge in [0.05, 0.1) is 16.5 Å². The van der Waals surface area contributed by atoms with E-state index in [9.17, 15) is 29.6 Å². The number of carbonyl (C=O) groups is 3.